The van der Waals surface area contributed by atoms with Crippen molar-refractivity contribution in [2.45, 2.75) is 32.9 Å². The van der Waals surface area contributed by atoms with Gasteiger partial charge in [0.25, 0.3) is 5.91 Å². The van der Waals surface area contributed by atoms with Crippen LogP contribution in [0.5, 0.6) is 0 Å². The van der Waals surface area contributed by atoms with Crippen LogP contribution < -0.4 is 16.0 Å². The maximum atomic E-state index is 13.7. The van der Waals surface area contributed by atoms with Gasteiger partial charge in [0.2, 0.25) is 0 Å². The lowest BCUT2D eigenvalue weighted by atomic mass is 10.1. The van der Waals surface area contributed by atoms with Gasteiger partial charge < -0.3 is 16.0 Å². The zero-order valence-electron chi connectivity index (χ0n) is 16.6. The molecular weight excluding hydrogens is 489 g/mol. The Balaban J connectivity index is 0.00000420. The van der Waals surface area contributed by atoms with Crippen LogP contribution in [-0.2, 0) is 13.1 Å². The molecule has 0 atom stereocenters. The Morgan fingerprint density at radius 1 is 1.00 bits per heavy atom. The molecule has 0 fully saturated rings. The summed E-state index contributed by atoms with van der Waals surface area (Å²) in [6.07, 6.45) is 1.99. The minimum Gasteiger partial charge on any atom is -0.352 e. The van der Waals surface area contributed by atoms with Gasteiger partial charge in [0.15, 0.2) is 5.96 Å². The second-order valence-electron chi connectivity index (χ2n) is 6.32. The first-order valence-corrected chi connectivity index (χ1v) is 9.29. The number of carbonyl (C=O) groups excluding carboxylic acids is 1. The molecule has 0 aliphatic rings. The van der Waals surface area contributed by atoms with Gasteiger partial charge in [-0.25, -0.2) is 8.78 Å². The molecule has 0 spiro atoms. The summed E-state index contributed by atoms with van der Waals surface area (Å²) in [5.41, 5.74) is 1.80. The molecule has 2 aromatic rings. The number of guanidine groups is 1. The zero-order valence-corrected chi connectivity index (χ0v) is 18.9. The van der Waals surface area contributed by atoms with Crippen LogP contribution >= 0.6 is 24.0 Å². The van der Waals surface area contributed by atoms with E-state index in [1.165, 1.54) is 0 Å². The predicted octanol–water partition coefficient (Wildman–Crippen LogP) is 3.98. The average molecular weight is 516 g/mol. The van der Waals surface area contributed by atoms with Crippen molar-refractivity contribution in [3.63, 3.8) is 0 Å². The summed E-state index contributed by atoms with van der Waals surface area (Å²) in [7, 11) is 1.60. The van der Waals surface area contributed by atoms with Gasteiger partial charge >= 0.3 is 0 Å². The van der Waals surface area contributed by atoms with Crippen molar-refractivity contribution in [3.05, 3.63) is 70.8 Å². The second kappa shape index (κ2) is 13.1. The Bertz CT molecular complexity index is 813. The normalized spacial score (nSPS) is 10.8. The number of unbranched alkanes of at least 4 members (excludes halogenated alkanes) is 1. The predicted molar refractivity (Wildman–Crippen MR) is 122 cm³/mol. The smallest absolute Gasteiger partial charge is 0.251 e. The van der Waals surface area contributed by atoms with Crippen molar-refractivity contribution >= 4 is 35.8 Å². The Hall–Kier alpha value is -2.23. The first-order valence-electron chi connectivity index (χ1n) is 9.29. The molecule has 0 aromatic heterocycles. The third-order valence-corrected chi connectivity index (χ3v) is 4.17. The van der Waals surface area contributed by atoms with Crippen LogP contribution in [0.2, 0.25) is 0 Å². The Kier molecular flexibility index (Phi) is 11.2. The molecule has 2 rings (SSSR count). The fourth-order valence-electron chi connectivity index (χ4n) is 2.52. The monoisotopic (exact) mass is 516 g/mol. The van der Waals surface area contributed by atoms with E-state index in [0.29, 0.717) is 24.6 Å². The number of rotatable bonds is 8. The van der Waals surface area contributed by atoms with Crippen LogP contribution in [0.3, 0.4) is 0 Å². The van der Waals surface area contributed by atoms with Gasteiger partial charge in [0, 0.05) is 37.8 Å². The van der Waals surface area contributed by atoms with Gasteiger partial charge in [0.1, 0.15) is 11.6 Å². The highest BCUT2D eigenvalue weighted by molar-refractivity contribution is 14.0. The van der Waals surface area contributed by atoms with Crippen molar-refractivity contribution in [1.82, 2.24) is 16.0 Å². The number of amides is 1. The van der Waals surface area contributed by atoms with E-state index in [1.54, 1.807) is 19.2 Å². The number of carbonyl (C=O) groups is 1. The van der Waals surface area contributed by atoms with Crippen molar-refractivity contribution in [1.29, 1.82) is 0 Å². The molecule has 0 bridgehead atoms. The molecule has 0 saturated carbocycles. The van der Waals surface area contributed by atoms with Crippen LogP contribution in [0.25, 0.3) is 0 Å². The largest absolute Gasteiger partial charge is 0.352 e. The van der Waals surface area contributed by atoms with Crippen molar-refractivity contribution < 1.29 is 13.6 Å². The number of hydrogen-bond donors (Lipinski definition) is 3. The standard InChI is InChI=1S/C21H26F2N4O.HI/c1-3-4-11-25-20(28)16-7-5-15(6-8-16)13-26-21(24-2)27-14-17-12-18(22)9-10-19(17)23;/h5-10,12H,3-4,11,13-14H2,1-2H3,(H,25,28)(H2,24,26,27);1H. The quantitative estimate of drug-likeness (QED) is 0.215. The fourth-order valence-corrected chi connectivity index (χ4v) is 2.52. The van der Waals surface area contributed by atoms with E-state index in [9.17, 15) is 13.6 Å². The lowest BCUT2D eigenvalue weighted by molar-refractivity contribution is 0.0953. The fraction of sp³-hybridized carbons (Fsp3) is 0.333. The van der Waals surface area contributed by atoms with Crippen molar-refractivity contribution in [2.75, 3.05) is 13.6 Å². The first-order chi connectivity index (χ1) is 13.5. The van der Waals surface area contributed by atoms with Crippen LogP contribution in [-0.4, -0.2) is 25.5 Å². The molecule has 0 aliphatic heterocycles. The molecule has 8 heteroatoms. The van der Waals surface area contributed by atoms with E-state index in [4.69, 9.17) is 0 Å². The maximum Gasteiger partial charge on any atom is 0.251 e. The molecule has 1 amide bonds. The van der Waals surface area contributed by atoms with Gasteiger partial charge in [0.05, 0.1) is 0 Å². The number of benzene rings is 2. The number of nitrogens with zero attached hydrogens (tertiary/aromatic N) is 1. The Morgan fingerprint density at radius 3 is 2.34 bits per heavy atom. The topological polar surface area (TPSA) is 65.5 Å². The summed E-state index contributed by atoms with van der Waals surface area (Å²) in [5.74, 6) is -0.579. The molecule has 29 heavy (non-hydrogen) atoms. The average Bonchev–Trinajstić information content (AvgIpc) is 2.71. The number of hydrogen-bond acceptors (Lipinski definition) is 2. The van der Waals surface area contributed by atoms with Crippen LogP contribution in [0.4, 0.5) is 8.78 Å². The summed E-state index contributed by atoms with van der Waals surface area (Å²) in [6, 6.07) is 10.6. The molecule has 0 heterocycles. The lowest BCUT2D eigenvalue weighted by Crippen LogP contribution is -2.36. The summed E-state index contributed by atoms with van der Waals surface area (Å²) < 4.78 is 26.9. The van der Waals surface area contributed by atoms with Gasteiger partial charge in [-0.3, -0.25) is 9.79 Å². The highest BCUT2D eigenvalue weighted by atomic mass is 127. The van der Waals surface area contributed by atoms with Crippen LogP contribution in [0.15, 0.2) is 47.5 Å². The molecule has 0 radical (unpaired) electrons. The molecule has 158 valence electrons. The number of halogens is 3. The van der Waals surface area contributed by atoms with E-state index in [1.807, 2.05) is 12.1 Å². The minimum atomic E-state index is -0.486. The summed E-state index contributed by atoms with van der Waals surface area (Å²) in [4.78, 5) is 16.1. The van der Waals surface area contributed by atoms with Crippen LogP contribution in [0, 0.1) is 11.6 Å². The number of aliphatic imine (C=N–C) groups is 1. The van der Waals surface area contributed by atoms with E-state index >= 15 is 0 Å². The van der Waals surface area contributed by atoms with E-state index < -0.39 is 11.6 Å². The molecule has 3 N–H and O–H groups in total. The Morgan fingerprint density at radius 2 is 1.69 bits per heavy atom. The molecule has 2 aromatic carbocycles. The third kappa shape index (κ3) is 8.35. The molecule has 5 nitrogen and oxygen atoms in total. The number of nitrogens with one attached hydrogen (secondary N) is 3. The summed E-state index contributed by atoms with van der Waals surface area (Å²) >= 11 is 0. The third-order valence-electron chi connectivity index (χ3n) is 4.17. The van der Waals surface area contributed by atoms with E-state index in [0.717, 1.165) is 36.6 Å². The summed E-state index contributed by atoms with van der Waals surface area (Å²) in [5, 5.41) is 8.93. The maximum absolute atomic E-state index is 13.7. The zero-order chi connectivity index (χ0) is 20.4. The molecular formula is C21H27F2IN4O. The van der Waals surface area contributed by atoms with Gasteiger partial charge in [-0.2, -0.15) is 0 Å². The first kappa shape index (κ1) is 24.8. The van der Waals surface area contributed by atoms with Gasteiger partial charge in [-0.1, -0.05) is 25.5 Å². The molecule has 0 saturated heterocycles. The molecule has 0 unspecified atom stereocenters. The van der Waals surface area contributed by atoms with E-state index in [-0.39, 0.29) is 42.0 Å². The van der Waals surface area contributed by atoms with Crippen molar-refractivity contribution in [3.8, 4) is 0 Å². The Labute approximate surface area is 187 Å². The summed E-state index contributed by atoms with van der Waals surface area (Å²) in [6.45, 7) is 3.33. The van der Waals surface area contributed by atoms with Gasteiger partial charge in [-0.05, 0) is 42.3 Å². The molecule has 0 aliphatic carbocycles. The minimum absolute atomic E-state index is 0. The van der Waals surface area contributed by atoms with Gasteiger partial charge in [-0.15, -0.1) is 24.0 Å². The highest BCUT2D eigenvalue weighted by Crippen LogP contribution is 2.09. The van der Waals surface area contributed by atoms with Crippen LogP contribution in [0.1, 0.15) is 41.3 Å². The SMILES string of the molecule is CCCCNC(=O)c1ccc(CNC(=NC)NCc2cc(F)ccc2F)cc1.I. The van der Waals surface area contributed by atoms with Crippen molar-refractivity contribution in [2.24, 2.45) is 4.99 Å². The highest BCUT2D eigenvalue weighted by Gasteiger charge is 2.07. The second-order valence-corrected chi connectivity index (χ2v) is 6.32. The van der Waals surface area contributed by atoms with E-state index in [2.05, 4.69) is 27.9 Å². The lowest BCUT2D eigenvalue weighted by Gasteiger charge is -2.13.